The van der Waals surface area contributed by atoms with E-state index < -0.39 is 17.3 Å². The van der Waals surface area contributed by atoms with Crippen molar-refractivity contribution in [3.05, 3.63) is 36.1 Å². The first kappa shape index (κ1) is 13.4. The van der Waals surface area contributed by atoms with Crippen molar-refractivity contribution >= 4 is 34.4 Å². The summed E-state index contributed by atoms with van der Waals surface area (Å²) in [6, 6.07) is 8.91. The van der Waals surface area contributed by atoms with Gasteiger partial charge in [-0.1, -0.05) is 18.2 Å². The molecular weight excluding hydrogens is 270 g/mol. The fourth-order valence-corrected chi connectivity index (χ4v) is 1.74. The predicted octanol–water partition coefficient (Wildman–Crippen LogP) is 1.94. The first-order valence-electron chi connectivity index (χ1n) is 5.60. The van der Waals surface area contributed by atoms with E-state index in [4.69, 9.17) is 16.0 Å². The second-order valence-corrected chi connectivity index (χ2v) is 4.38. The number of hydrogen-bond acceptors (Lipinski definition) is 4. The largest absolute Gasteiger partial charge is 0.468 e. The van der Waals surface area contributed by atoms with Crippen LogP contribution < -0.4 is 5.32 Å². The fraction of sp³-hybridized carbons (Fsp3) is 0.231. The number of hydrogen-bond donors (Lipinski definition) is 1. The standard InChI is InChI=1S/C13H12ClNO4/c1-18-13(17)9(14)7-15-12(16)11-6-8-4-2-3-5-10(8)19-11/h2-6,9H,7H2,1H3,(H,15,16). The zero-order valence-electron chi connectivity index (χ0n) is 10.2. The number of nitrogens with one attached hydrogen (secondary N) is 1. The molecule has 0 bridgehead atoms. The van der Waals surface area contributed by atoms with Crippen LogP contribution in [0.2, 0.25) is 0 Å². The van der Waals surface area contributed by atoms with Crippen LogP contribution in [0.4, 0.5) is 0 Å². The quantitative estimate of drug-likeness (QED) is 0.687. The molecule has 2 aromatic rings. The zero-order chi connectivity index (χ0) is 13.8. The van der Waals surface area contributed by atoms with Gasteiger partial charge in [0.05, 0.1) is 7.11 Å². The summed E-state index contributed by atoms with van der Waals surface area (Å²) in [4.78, 5) is 22.9. The number of rotatable bonds is 4. The van der Waals surface area contributed by atoms with Crippen LogP contribution in [0, 0.1) is 0 Å². The maximum Gasteiger partial charge on any atom is 0.325 e. The molecular formula is C13H12ClNO4. The lowest BCUT2D eigenvalue weighted by molar-refractivity contribution is -0.140. The van der Waals surface area contributed by atoms with Crippen molar-refractivity contribution in [2.24, 2.45) is 0 Å². The van der Waals surface area contributed by atoms with Gasteiger partial charge in [-0.2, -0.15) is 0 Å². The summed E-state index contributed by atoms with van der Waals surface area (Å²) < 4.78 is 9.83. The van der Waals surface area contributed by atoms with Crippen molar-refractivity contribution in [3.8, 4) is 0 Å². The molecule has 0 aliphatic heterocycles. The summed E-state index contributed by atoms with van der Waals surface area (Å²) in [5.41, 5.74) is 0.628. The van der Waals surface area contributed by atoms with Gasteiger partial charge in [0.1, 0.15) is 11.0 Å². The number of fused-ring (bicyclic) bond motifs is 1. The Bertz CT molecular complexity index is 574. The number of carbonyl (C=O) groups excluding carboxylic acids is 2. The van der Waals surface area contributed by atoms with Gasteiger partial charge in [-0.05, 0) is 12.1 Å². The lowest BCUT2D eigenvalue weighted by Crippen LogP contribution is -2.34. The van der Waals surface area contributed by atoms with Gasteiger partial charge >= 0.3 is 5.97 Å². The average molecular weight is 282 g/mol. The highest BCUT2D eigenvalue weighted by Gasteiger charge is 2.18. The molecule has 1 unspecified atom stereocenters. The molecule has 5 nitrogen and oxygen atoms in total. The van der Waals surface area contributed by atoms with E-state index in [0.29, 0.717) is 5.58 Å². The number of benzene rings is 1. The number of amides is 1. The number of furan rings is 1. The highest BCUT2D eigenvalue weighted by molar-refractivity contribution is 6.30. The Morgan fingerprint density at radius 2 is 2.16 bits per heavy atom. The highest BCUT2D eigenvalue weighted by Crippen LogP contribution is 2.18. The van der Waals surface area contributed by atoms with Crippen molar-refractivity contribution in [1.29, 1.82) is 0 Å². The molecule has 0 saturated carbocycles. The number of methoxy groups -OCH3 is 1. The Hall–Kier alpha value is -2.01. The molecule has 6 heteroatoms. The predicted molar refractivity (Wildman–Crippen MR) is 70.2 cm³/mol. The monoisotopic (exact) mass is 281 g/mol. The third-order valence-corrected chi connectivity index (χ3v) is 2.88. The first-order chi connectivity index (χ1) is 9.11. The minimum absolute atomic E-state index is 0.0237. The maximum atomic E-state index is 11.8. The van der Waals surface area contributed by atoms with E-state index in [1.165, 1.54) is 7.11 Å². The smallest absolute Gasteiger partial charge is 0.325 e. The Morgan fingerprint density at radius 3 is 2.84 bits per heavy atom. The molecule has 1 heterocycles. The Kier molecular flexibility index (Phi) is 4.06. The van der Waals surface area contributed by atoms with Gasteiger partial charge in [0.25, 0.3) is 5.91 Å². The van der Waals surface area contributed by atoms with E-state index in [1.807, 2.05) is 18.2 Å². The minimum Gasteiger partial charge on any atom is -0.468 e. The van der Waals surface area contributed by atoms with E-state index >= 15 is 0 Å². The van der Waals surface area contributed by atoms with Crippen LogP contribution in [0.5, 0.6) is 0 Å². The van der Waals surface area contributed by atoms with Crippen LogP contribution in [-0.2, 0) is 9.53 Å². The van der Waals surface area contributed by atoms with Crippen molar-refractivity contribution in [2.75, 3.05) is 13.7 Å². The molecule has 0 spiro atoms. The summed E-state index contributed by atoms with van der Waals surface area (Å²) in [7, 11) is 1.23. The van der Waals surface area contributed by atoms with Crippen molar-refractivity contribution in [3.63, 3.8) is 0 Å². The first-order valence-corrected chi connectivity index (χ1v) is 6.04. The summed E-state index contributed by atoms with van der Waals surface area (Å²) in [6.07, 6.45) is 0. The SMILES string of the molecule is COC(=O)C(Cl)CNC(=O)c1cc2ccccc2o1. The average Bonchev–Trinajstić information content (AvgIpc) is 2.87. The summed E-state index contributed by atoms with van der Waals surface area (Å²) >= 11 is 5.72. The molecule has 2 rings (SSSR count). The van der Waals surface area contributed by atoms with Gasteiger partial charge in [-0.3, -0.25) is 9.59 Å². The molecule has 0 fully saturated rings. The molecule has 100 valence electrons. The Labute approximate surface area is 114 Å². The number of carbonyl (C=O) groups is 2. The van der Waals surface area contributed by atoms with Crippen LogP contribution in [0.1, 0.15) is 10.6 Å². The molecule has 0 radical (unpaired) electrons. The highest BCUT2D eigenvalue weighted by atomic mass is 35.5. The molecule has 0 saturated heterocycles. The van der Waals surface area contributed by atoms with Gasteiger partial charge in [-0.25, -0.2) is 0 Å². The molecule has 0 aliphatic carbocycles. The van der Waals surface area contributed by atoms with Crippen LogP contribution >= 0.6 is 11.6 Å². The topological polar surface area (TPSA) is 68.5 Å². The van der Waals surface area contributed by atoms with Crippen molar-refractivity contribution < 1.29 is 18.7 Å². The second kappa shape index (κ2) is 5.75. The van der Waals surface area contributed by atoms with E-state index in [1.54, 1.807) is 12.1 Å². The number of para-hydroxylation sites is 1. The van der Waals surface area contributed by atoms with E-state index in [-0.39, 0.29) is 12.3 Å². The third kappa shape index (κ3) is 3.06. The summed E-state index contributed by atoms with van der Waals surface area (Å²) in [6.45, 7) is -0.0237. The van der Waals surface area contributed by atoms with Crippen molar-refractivity contribution in [2.45, 2.75) is 5.38 Å². The molecule has 19 heavy (non-hydrogen) atoms. The van der Waals surface area contributed by atoms with Gasteiger partial charge in [-0.15, -0.1) is 11.6 Å². The van der Waals surface area contributed by atoms with Gasteiger partial charge in [0.15, 0.2) is 5.76 Å². The molecule has 1 N–H and O–H groups in total. The maximum absolute atomic E-state index is 11.8. The third-order valence-electron chi connectivity index (χ3n) is 2.55. The number of alkyl halides is 1. The van der Waals surface area contributed by atoms with Crippen LogP contribution in [0.3, 0.4) is 0 Å². The zero-order valence-corrected chi connectivity index (χ0v) is 10.9. The van der Waals surface area contributed by atoms with Crippen LogP contribution in [-0.4, -0.2) is 30.9 Å². The molecule has 1 amide bonds. The summed E-state index contributed by atoms with van der Waals surface area (Å²) in [5.74, 6) is -0.841. The van der Waals surface area contributed by atoms with E-state index in [9.17, 15) is 9.59 Å². The van der Waals surface area contributed by atoms with Gasteiger partial charge in [0.2, 0.25) is 0 Å². The van der Waals surface area contributed by atoms with Crippen LogP contribution in [0.15, 0.2) is 34.7 Å². The lowest BCUT2D eigenvalue weighted by atomic mass is 10.2. The molecule has 1 aromatic heterocycles. The number of ether oxygens (including phenoxy) is 1. The lowest BCUT2D eigenvalue weighted by Gasteiger charge is -2.07. The Balaban J connectivity index is 2.02. The normalized spacial score (nSPS) is 12.1. The minimum atomic E-state index is -0.918. The fourth-order valence-electron chi connectivity index (χ4n) is 1.57. The number of halogens is 1. The van der Waals surface area contributed by atoms with E-state index in [0.717, 1.165) is 5.39 Å². The second-order valence-electron chi connectivity index (χ2n) is 3.85. The van der Waals surface area contributed by atoms with Crippen molar-refractivity contribution in [1.82, 2.24) is 5.32 Å². The molecule has 1 atom stereocenters. The molecule has 0 aliphatic rings. The van der Waals surface area contributed by atoms with E-state index in [2.05, 4.69) is 10.1 Å². The molecule has 1 aromatic carbocycles. The Morgan fingerprint density at radius 1 is 1.42 bits per heavy atom. The number of esters is 1. The van der Waals surface area contributed by atoms with Crippen LogP contribution in [0.25, 0.3) is 11.0 Å². The van der Waals surface area contributed by atoms with Gasteiger partial charge in [0, 0.05) is 11.9 Å². The summed E-state index contributed by atoms with van der Waals surface area (Å²) in [5, 5.41) is 2.43. The van der Waals surface area contributed by atoms with Gasteiger partial charge < -0.3 is 14.5 Å².